The smallest absolute Gasteiger partial charge is 0.481 e. The molecule has 0 spiro atoms. The molecule has 0 aromatic rings. The average molecular weight is 1330 g/mol. The van der Waals surface area contributed by atoms with Crippen molar-refractivity contribution in [1.82, 2.24) is 31.9 Å². The first-order chi connectivity index (χ1) is 25.4. The monoisotopic (exact) mass is 1330 g/mol. The maximum atomic E-state index is 10.7. The summed E-state index contributed by atoms with van der Waals surface area (Å²) in [7, 11) is 0. The Labute approximate surface area is 384 Å². The first-order valence-electron chi connectivity index (χ1n) is 17.3. The summed E-state index contributed by atoms with van der Waals surface area (Å²) in [5.74, 6) is -4.28. The Morgan fingerprint density at radius 2 is 0.561 bits per heavy atom. The summed E-state index contributed by atoms with van der Waals surface area (Å²) in [6, 6.07) is -6.12. The molecule has 0 heterocycles. The van der Waals surface area contributed by atoms with Crippen molar-refractivity contribution in [3.63, 3.8) is 0 Å². The van der Waals surface area contributed by atoms with Crippen LogP contribution in [0.4, 0.5) is 0 Å². The van der Waals surface area contributed by atoms with Crippen molar-refractivity contribution in [2.24, 2.45) is 0 Å². The predicted octanol–water partition coefficient (Wildman–Crippen LogP) is -9.49. The molecule has 57 heavy (non-hydrogen) atoms. The quantitative estimate of drug-likeness (QED) is 0.0399. The largest absolute Gasteiger partial charge is 4.00 e. The van der Waals surface area contributed by atoms with E-state index in [1.165, 1.54) is 0 Å². The van der Waals surface area contributed by atoms with Gasteiger partial charge in [0.05, 0.1) is 124 Å². The van der Waals surface area contributed by atoms with Crippen molar-refractivity contribution < 1.29 is 168 Å². The second-order valence-corrected chi connectivity index (χ2v) is 13.0. The van der Waals surface area contributed by atoms with Gasteiger partial charge in [0.15, 0.2) is 0 Å². The standard InChI is InChI=1S/2C15H29N3O9.3Hf/c2*19-6-7(20)5-18-12-14(26)10(16-3-1-8(21)22)13(25)11(15(12)27)17-4-2-9(23)24;;;/h2*7,10-20,25-27H,1-6H2,(H,21,22)(H,23,24);;;/q;;3*+4/t2*7?,10-,11+,12?,13?,14-,15+;;;. The molecule has 6 unspecified atom stereocenters. The molecule has 14 atom stereocenters. The molecule has 0 radical (unpaired) electrons. The molecule has 0 amide bonds. The second kappa shape index (κ2) is 32.5. The van der Waals surface area contributed by atoms with Gasteiger partial charge in [-0.15, -0.1) is 0 Å². The molecule has 0 aromatic heterocycles. The van der Waals surface area contributed by atoms with E-state index in [1.54, 1.807) is 0 Å². The number of rotatable bonds is 24. The molecule has 27 heteroatoms. The summed E-state index contributed by atoms with van der Waals surface area (Å²) in [6.07, 6.45) is -11.3. The molecule has 0 saturated heterocycles. The third-order valence-electron chi connectivity index (χ3n) is 8.89. The third kappa shape index (κ3) is 22.0. The molecule has 316 valence electrons. The minimum absolute atomic E-state index is 0. The number of hydrogen-bond acceptors (Lipinski definition) is 20. The van der Waals surface area contributed by atoms with Crippen molar-refractivity contribution in [1.29, 1.82) is 0 Å². The Balaban J connectivity index is -0.000000972. The number of hydrogen-bond donors (Lipinski definition) is 20. The summed E-state index contributed by atoms with van der Waals surface area (Å²) >= 11 is 0. The molecular weight excluding hydrogens is 1270 g/mol. The molecule has 2 saturated carbocycles. The number of carbonyl (C=O) groups is 4. The third-order valence-corrected chi connectivity index (χ3v) is 8.89. The van der Waals surface area contributed by atoms with Crippen LogP contribution < -0.4 is 31.9 Å². The van der Waals surface area contributed by atoms with E-state index < -0.39 is 122 Å². The van der Waals surface area contributed by atoms with Gasteiger partial charge in [0.2, 0.25) is 0 Å². The van der Waals surface area contributed by atoms with Gasteiger partial charge in [-0.1, -0.05) is 0 Å². The number of aliphatic carboxylic acids is 4. The van der Waals surface area contributed by atoms with Crippen molar-refractivity contribution in [3.8, 4) is 0 Å². The summed E-state index contributed by atoms with van der Waals surface area (Å²) in [5.41, 5.74) is 0. The van der Waals surface area contributed by atoms with Crippen LogP contribution >= 0.6 is 0 Å². The van der Waals surface area contributed by atoms with E-state index in [4.69, 9.17) is 30.6 Å². The fourth-order valence-corrected chi connectivity index (χ4v) is 6.06. The van der Waals surface area contributed by atoms with Crippen LogP contribution in [0.25, 0.3) is 0 Å². The molecule has 20 N–H and O–H groups in total. The molecule has 0 aromatic carbocycles. The van der Waals surface area contributed by atoms with Gasteiger partial charge in [0, 0.05) is 39.3 Å². The molecule has 2 aliphatic rings. The SMILES string of the molecule is O=C(O)CCN[C@@H]1C(O)[C@H](NCCC(=O)O)[C@H](O)C(NCC(O)CO)[C@@H]1O.O=C(O)CCN[C@@H]1C(O)[C@H](NCCC(=O)O)[C@H](O)C(NCC(O)CO)[C@@H]1O.[Hf+4].[Hf+4].[Hf+4]. The number of nitrogens with one attached hydrogen (secondary N) is 6. The van der Waals surface area contributed by atoms with Gasteiger partial charge >= 0.3 is 101 Å². The van der Waals surface area contributed by atoms with Crippen LogP contribution in [0.15, 0.2) is 0 Å². The summed E-state index contributed by atoms with van der Waals surface area (Å²) < 4.78 is 0. The molecule has 2 fully saturated rings. The van der Waals surface area contributed by atoms with Crippen molar-refractivity contribution in [3.05, 3.63) is 0 Å². The number of carboxylic acids is 4. The van der Waals surface area contributed by atoms with E-state index in [2.05, 4.69) is 31.9 Å². The zero-order chi connectivity index (χ0) is 41.1. The molecule has 2 aliphatic carbocycles. The van der Waals surface area contributed by atoms with Gasteiger partial charge in [0.1, 0.15) is 0 Å². The Kier molecular flexibility index (Phi) is 34.9. The van der Waals surface area contributed by atoms with Crippen molar-refractivity contribution >= 4 is 23.9 Å². The first kappa shape index (κ1) is 61.2. The minimum Gasteiger partial charge on any atom is -0.481 e. The van der Waals surface area contributed by atoms with Crippen LogP contribution in [0.5, 0.6) is 0 Å². The Morgan fingerprint density at radius 1 is 0.386 bits per heavy atom. The zero-order valence-corrected chi connectivity index (χ0v) is 41.7. The van der Waals surface area contributed by atoms with Crippen LogP contribution in [-0.4, -0.2) is 233 Å². The molecule has 0 bridgehead atoms. The van der Waals surface area contributed by atoms with E-state index in [1.807, 2.05) is 0 Å². The van der Waals surface area contributed by atoms with Crippen molar-refractivity contribution in [2.45, 2.75) is 111 Å². The predicted molar refractivity (Wildman–Crippen MR) is 182 cm³/mol. The van der Waals surface area contributed by atoms with E-state index in [9.17, 15) is 60.0 Å². The normalized spacial score (nSPS) is 30.5. The van der Waals surface area contributed by atoms with Gasteiger partial charge in [-0.2, -0.15) is 0 Å². The summed E-state index contributed by atoms with van der Waals surface area (Å²) in [6.45, 7) is -1.53. The topological polar surface area (TPSA) is 424 Å². The molecule has 24 nitrogen and oxygen atoms in total. The number of aliphatic hydroxyl groups excluding tert-OH is 10. The van der Waals surface area contributed by atoms with Gasteiger partial charge in [-0.05, 0) is 0 Å². The van der Waals surface area contributed by atoms with Crippen LogP contribution in [-0.2, 0) is 96.7 Å². The van der Waals surface area contributed by atoms with Gasteiger partial charge in [-0.25, -0.2) is 0 Å². The Hall–Kier alpha value is -0.150. The molecule has 2 rings (SSSR count). The number of aliphatic hydroxyl groups is 10. The average Bonchev–Trinajstić information content (AvgIpc) is 3.10. The molecular formula is C30H58Hf3N6O18+12. The van der Waals surface area contributed by atoms with E-state index in [0.717, 1.165) is 0 Å². The summed E-state index contributed by atoms with van der Waals surface area (Å²) in [4.78, 5) is 42.7. The Bertz CT molecular complexity index is 996. The van der Waals surface area contributed by atoms with E-state index >= 15 is 0 Å². The Morgan fingerprint density at radius 3 is 0.719 bits per heavy atom. The fourth-order valence-electron chi connectivity index (χ4n) is 6.06. The van der Waals surface area contributed by atoms with Crippen LogP contribution in [0.2, 0.25) is 0 Å². The molecule has 0 aliphatic heterocycles. The van der Waals surface area contributed by atoms with Crippen LogP contribution in [0, 0.1) is 0 Å². The van der Waals surface area contributed by atoms with Gasteiger partial charge in [-0.3, -0.25) is 19.2 Å². The maximum Gasteiger partial charge on any atom is 4.00 e. The zero-order valence-electron chi connectivity index (χ0n) is 31.0. The summed E-state index contributed by atoms with van der Waals surface area (Å²) in [5, 5.41) is 151. The van der Waals surface area contributed by atoms with Gasteiger partial charge in [0.25, 0.3) is 0 Å². The minimum atomic E-state index is -1.34. The van der Waals surface area contributed by atoms with Crippen molar-refractivity contribution in [2.75, 3.05) is 52.5 Å². The van der Waals surface area contributed by atoms with E-state index in [0.29, 0.717) is 0 Å². The van der Waals surface area contributed by atoms with Crippen LogP contribution in [0.3, 0.4) is 0 Å². The number of carboxylic acid groups (broad SMARTS) is 4. The van der Waals surface area contributed by atoms with Crippen LogP contribution in [0.1, 0.15) is 25.7 Å². The van der Waals surface area contributed by atoms with E-state index in [-0.39, 0.29) is 142 Å². The first-order valence-corrected chi connectivity index (χ1v) is 17.3. The second-order valence-electron chi connectivity index (χ2n) is 13.0. The maximum absolute atomic E-state index is 10.7. The fraction of sp³-hybridized carbons (Fsp3) is 0.867. The van der Waals surface area contributed by atoms with Gasteiger partial charge < -0.3 is 103 Å².